The molecule has 2 heterocycles. The monoisotopic (exact) mass is 356 g/mol. The lowest BCUT2D eigenvalue weighted by Gasteiger charge is -2.28. The molecule has 1 aliphatic heterocycles. The number of nitrogens with zero attached hydrogens (tertiary/aromatic N) is 1. The summed E-state index contributed by atoms with van der Waals surface area (Å²) in [6.45, 7) is 1.16. The molecule has 2 fully saturated rings. The smallest absolute Gasteiger partial charge is 0.330 e. The van der Waals surface area contributed by atoms with Crippen LogP contribution in [0.1, 0.15) is 31.1 Å². The van der Waals surface area contributed by atoms with Gasteiger partial charge in [-0.3, -0.25) is 14.3 Å². The Morgan fingerprint density at radius 3 is 2.76 bits per heavy atom. The SMILES string of the molecule is COC1CCC[C@@H]1OC1C(O)C(CO)OC1n1cc(C)c(=O)[nH]c1=O. The van der Waals surface area contributed by atoms with Crippen LogP contribution in [0.15, 0.2) is 15.8 Å². The Morgan fingerprint density at radius 2 is 2.08 bits per heavy atom. The normalized spacial score (nSPS) is 35.4. The van der Waals surface area contributed by atoms with Crippen molar-refractivity contribution in [3.8, 4) is 0 Å². The van der Waals surface area contributed by atoms with Gasteiger partial charge in [0.15, 0.2) is 6.23 Å². The molecule has 5 unspecified atom stereocenters. The standard InChI is InChI=1S/C16H24N2O7/c1-8-6-18(16(22)17-14(8)21)15-13(12(20)11(7-19)25-15)24-10-5-3-4-9(10)23-2/h6,9-13,15,19-20H,3-5,7H2,1-2H3,(H,17,21,22)/t9?,10-,11?,12?,13?,15?/m0/s1. The van der Waals surface area contributed by atoms with Crippen molar-refractivity contribution in [2.75, 3.05) is 13.7 Å². The molecule has 3 N–H and O–H groups in total. The van der Waals surface area contributed by atoms with Gasteiger partial charge in [0.25, 0.3) is 5.56 Å². The lowest BCUT2D eigenvalue weighted by atomic mass is 10.1. The Kier molecular flexibility index (Phi) is 5.40. The molecule has 9 heteroatoms. The van der Waals surface area contributed by atoms with Gasteiger partial charge in [-0.25, -0.2) is 4.79 Å². The molecule has 1 saturated heterocycles. The second-order valence-electron chi connectivity index (χ2n) is 6.56. The van der Waals surface area contributed by atoms with E-state index in [4.69, 9.17) is 14.2 Å². The highest BCUT2D eigenvalue weighted by Gasteiger charge is 2.48. The maximum absolute atomic E-state index is 12.2. The summed E-state index contributed by atoms with van der Waals surface area (Å²) in [6.07, 6.45) is -0.162. The number of aliphatic hydroxyl groups excluding tert-OH is 2. The van der Waals surface area contributed by atoms with E-state index >= 15 is 0 Å². The lowest BCUT2D eigenvalue weighted by molar-refractivity contribution is -0.130. The van der Waals surface area contributed by atoms with E-state index < -0.39 is 42.4 Å². The fourth-order valence-corrected chi connectivity index (χ4v) is 3.53. The van der Waals surface area contributed by atoms with Crippen molar-refractivity contribution in [2.45, 2.75) is 62.9 Å². The number of ether oxygens (including phenoxy) is 3. The lowest BCUT2D eigenvalue weighted by Crippen LogP contribution is -2.43. The molecule has 0 bridgehead atoms. The molecule has 1 aromatic heterocycles. The minimum Gasteiger partial charge on any atom is -0.394 e. The highest BCUT2D eigenvalue weighted by molar-refractivity contribution is 5.03. The minimum absolute atomic E-state index is 0.0879. The summed E-state index contributed by atoms with van der Waals surface area (Å²) in [5, 5.41) is 19.9. The molecule has 0 amide bonds. The van der Waals surface area contributed by atoms with Crippen LogP contribution < -0.4 is 11.2 Å². The van der Waals surface area contributed by atoms with Crippen molar-refractivity contribution < 1.29 is 24.4 Å². The van der Waals surface area contributed by atoms with Gasteiger partial charge in [0, 0.05) is 18.9 Å². The molecule has 1 aromatic rings. The highest BCUT2D eigenvalue weighted by Crippen LogP contribution is 2.35. The number of rotatable bonds is 5. The maximum atomic E-state index is 12.2. The highest BCUT2D eigenvalue weighted by atomic mass is 16.6. The van der Waals surface area contributed by atoms with Crippen molar-refractivity contribution in [3.05, 3.63) is 32.6 Å². The van der Waals surface area contributed by atoms with Gasteiger partial charge in [-0.05, 0) is 26.2 Å². The number of nitrogens with one attached hydrogen (secondary N) is 1. The zero-order valence-electron chi connectivity index (χ0n) is 14.3. The minimum atomic E-state index is -1.10. The van der Waals surface area contributed by atoms with Gasteiger partial charge in [0.1, 0.15) is 18.3 Å². The molecule has 0 aromatic carbocycles. The Bertz CT molecular complexity index is 715. The average Bonchev–Trinajstić information content (AvgIpc) is 3.16. The van der Waals surface area contributed by atoms with Crippen LogP contribution in [-0.2, 0) is 14.2 Å². The first kappa shape index (κ1) is 18.3. The largest absolute Gasteiger partial charge is 0.394 e. The summed E-state index contributed by atoms with van der Waals surface area (Å²) in [6, 6.07) is 0. The van der Waals surface area contributed by atoms with Crippen LogP contribution in [0.25, 0.3) is 0 Å². The van der Waals surface area contributed by atoms with E-state index in [9.17, 15) is 19.8 Å². The van der Waals surface area contributed by atoms with Gasteiger partial charge in [0.05, 0.1) is 18.8 Å². The predicted molar refractivity (Wildman–Crippen MR) is 86.4 cm³/mol. The number of aliphatic hydroxyl groups is 2. The van der Waals surface area contributed by atoms with E-state index in [1.54, 1.807) is 14.0 Å². The molecule has 1 aliphatic carbocycles. The maximum Gasteiger partial charge on any atom is 0.330 e. The first-order chi connectivity index (χ1) is 12.0. The van der Waals surface area contributed by atoms with Crippen LogP contribution in [-0.4, -0.2) is 64.0 Å². The first-order valence-electron chi connectivity index (χ1n) is 8.41. The van der Waals surface area contributed by atoms with Crippen LogP contribution in [0, 0.1) is 6.92 Å². The van der Waals surface area contributed by atoms with E-state index in [1.807, 2.05) is 0 Å². The van der Waals surface area contributed by atoms with Crippen molar-refractivity contribution >= 4 is 0 Å². The van der Waals surface area contributed by atoms with E-state index in [-0.39, 0.29) is 12.2 Å². The summed E-state index contributed by atoms with van der Waals surface area (Å²) in [5.74, 6) is 0. The molecule has 9 nitrogen and oxygen atoms in total. The number of hydrogen-bond acceptors (Lipinski definition) is 7. The molecule has 3 rings (SSSR count). The van der Waals surface area contributed by atoms with E-state index in [0.29, 0.717) is 5.56 Å². The number of H-pyrrole nitrogens is 1. The second-order valence-corrected chi connectivity index (χ2v) is 6.56. The van der Waals surface area contributed by atoms with Crippen molar-refractivity contribution in [1.29, 1.82) is 0 Å². The van der Waals surface area contributed by atoms with Gasteiger partial charge in [0.2, 0.25) is 0 Å². The summed E-state index contributed by atoms with van der Waals surface area (Å²) in [7, 11) is 1.61. The Labute approximate surface area is 144 Å². The van der Waals surface area contributed by atoms with Crippen LogP contribution in [0.2, 0.25) is 0 Å². The number of aromatic amines is 1. The molecule has 2 aliphatic rings. The first-order valence-corrected chi connectivity index (χ1v) is 8.41. The zero-order valence-corrected chi connectivity index (χ0v) is 14.3. The second kappa shape index (κ2) is 7.38. The van der Waals surface area contributed by atoms with Crippen LogP contribution in [0.4, 0.5) is 0 Å². The molecule has 0 spiro atoms. The third-order valence-electron chi connectivity index (χ3n) is 4.94. The van der Waals surface area contributed by atoms with Crippen molar-refractivity contribution in [2.24, 2.45) is 0 Å². The molecule has 1 saturated carbocycles. The average molecular weight is 356 g/mol. The third-order valence-corrected chi connectivity index (χ3v) is 4.94. The summed E-state index contributed by atoms with van der Waals surface area (Å²) < 4.78 is 18.3. The molecule has 25 heavy (non-hydrogen) atoms. The van der Waals surface area contributed by atoms with Crippen LogP contribution in [0.3, 0.4) is 0 Å². The van der Waals surface area contributed by atoms with Crippen LogP contribution >= 0.6 is 0 Å². The quantitative estimate of drug-likeness (QED) is 0.621. The fraction of sp³-hybridized carbons (Fsp3) is 0.750. The van der Waals surface area contributed by atoms with E-state index in [2.05, 4.69) is 4.98 Å². The van der Waals surface area contributed by atoms with Crippen LogP contribution in [0.5, 0.6) is 0 Å². The molecular formula is C16H24N2O7. The third kappa shape index (κ3) is 3.42. The fourth-order valence-electron chi connectivity index (χ4n) is 3.53. The van der Waals surface area contributed by atoms with E-state index in [1.165, 1.54) is 10.8 Å². The molecule has 6 atom stereocenters. The number of methoxy groups -OCH3 is 1. The summed E-state index contributed by atoms with van der Waals surface area (Å²) in [5.41, 5.74) is -0.805. The predicted octanol–water partition coefficient (Wildman–Crippen LogP) is -0.952. The Hall–Kier alpha value is -1.52. The van der Waals surface area contributed by atoms with Gasteiger partial charge in [-0.15, -0.1) is 0 Å². The Morgan fingerprint density at radius 1 is 1.36 bits per heavy atom. The number of hydrogen-bond donors (Lipinski definition) is 3. The van der Waals surface area contributed by atoms with Crippen molar-refractivity contribution in [1.82, 2.24) is 9.55 Å². The molecular weight excluding hydrogens is 332 g/mol. The number of aromatic nitrogens is 2. The summed E-state index contributed by atoms with van der Waals surface area (Å²) in [4.78, 5) is 26.0. The van der Waals surface area contributed by atoms with E-state index in [0.717, 1.165) is 19.3 Å². The topological polar surface area (TPSA) is 123 Å². The Balaban J connectivity index is 1.91. The zero-order chi connectivity index (χ0) is 18.1. The number of aryl methyl sites for hydroxylation is 1. The summed E-state index contributed by atoms with van der Waals surface area (Å²) >= 11 is 0. The van der Waals surface area contributed by atoms with Crippen molar-refractivity contribution in [3.63, 3.8) is 0 Å². The van der Waals surface area contributed by atoms with Gasteiger partial charge < -0.3 is 24.4 Å². The van der Waals surface area contributed by atoms with Gasteiger partial charge in [-0.1, -0.05) is 0 Å². The molecule has 140 valence electrons. The van der Waals surface area contributed by atoms with Gasteiger partial charge in [-0.2, -0.15) is 0 Å². The molecule has 0 radical (unpaired) electrons. The van der Waals surface area contributed by atoms with Gasteiger partial charge >= 0.3 is 5.69 Å².